The lowest BCUT2D eigenvalue weighted by Crippen LogP contribution is -2.63. The van der Waals surface area contributed by atoms with Gasteiger partial charge in [-0.05, 0) is 65.3 Å². The number of benzene rings is 4. The predicted molar refractivity (Wildman–Crippen MR) is 141 cm³/mol. The summed E-state index contributed by atoms with van der Waals surface area (Å²) in [5.41, 5.74) is 10.2. The van der Waals surface area contributed by atoms with Gasteiger partial charge in [-0.1, -0.05) is 66.7 Å². The van der Waals surface area contributed by atoms with Crippen molar-refractivity contribution in [2.24, 2.45) is 0 Å². The van der Waals surface area contributed by atoms with Crippen LogP contribution in [0.15, 0.2) is 115 Å². The van der Waals surface area contributed by atoms with Gasteiger partial charge in [-0.25, -0.2) is 0 Å². The number of para-hydroxylation sites is 3. The molecule has 4 aliphatic rings. The molecule has 0 aromatic heterocycles. The van der Waals surface area contributed by atoms with E-state index in [4.69, 9.17) is 4.74 Å². The molecule has 8 rings (SSSR count). The molecule has 34 heavy (non-hydrogen) atoms. The Hall–Kier alpha value is -4.18. The number of ether oxygens (including phenoxy) is 1. The van der Waals surface area contributed by atoms with E-state index in [0.717, 1.165) is 17.9 Å². The Morgan fingerprint density at radius 2 is 1.50 bits per heavy atom. The molecule has 1 atom stereocenters. The summed E-state index contributed by atoms with van der Waals surface area (Å²) in [6.07, 6.45) is 7.42. The van der Waals surface area contributed by atoms with Gasteiger partial charge in [0.05, 0.1) is 11.7 Å². The highest BCUT2D eigenvalue weighted by Gasteiger charge is 2.47. The number of anilines is 5. The fraction of sp³-hybridized carbons (Fsp3) is 0.0667. The first-order valence-electron chi connectivity index (χ1n) is 11.9. The van der Waals surface area contributed by atoms with Crippen molar-refractivity contribution in [1.29, 1.82) is 0 Å². The van der Waals surface area contributed by atoms with Gasteiger partial charge in [0.1, 0.15) is 11.5 Å². The SMILES string of the molecule is C1=CCC2C(=C1)Oc1cccc3c1N2c1cccc2c1B3c1ccccc1N2c1ccccc1. The van der Waals surface area contributed by atoms with Crippen LogP contribution in [-0.2, 0) is 0 Å². The molecule has 4 aromatic rings. The van der Waals surface area contributed by atoms with E-state index in [-0.39, 0.29) is 12.8 Å². The Labute approximate surface area is 199 Å². The molecule has 3 heterocycles. The third-order valence-electron chi connectivity index (χ3n) is 7.56. The van der Waals surface area contributed by atoms with Gasteiger partial charge in [0, 0.05) is 22.7 Å². The Morgan fingerprint density at radius 3 is 2.44 bits per heavy atom. The van der Waals surface area contributed by atoms with E-state index in [1.54, 1.807) is 0 Å². The van der Waals surface area contributed by atoms with Crippen LogP contribution in [-0.4, -0.2) is 12.8 Å². The summed E-state index contributed by atoms with van der Waals surface area (Å²) in [6.45, 7) is 0.168. The van der Waals surface area contributed by atoms with Crippen LogP contribution in [0.3, 0.4) is 0 Å². The van der Waals surface area contributed by atoms with Gasteiger partial charge < -0.3 is 14.5 Å². The molecule has 160 valence electrons. The van der Waals surface area contributed by atoms with Crippen LogP contribution < -0.4 is 30.9 Å². The molecule has 0 N–H and O–H groups in total. The average molecular weight is 436 g/mol. The lowest BCUT2D eigenvalue weighted by atomic mass is 9.33. The van der Waals surface area contributed by atoms with E-state index in [2.05, 4.69) is 119 Å². The van der Waals surface area contributed by atoms with E-state index >= 15 is 0 Å². The Bertz CT molecular complexity index is 1540. The topological polar surface area (TPSA) is 15.7 Å². The van der Waals surface area contributed by atoms with Crippen molar-refractivity contribution in [3.8, 4) is 5.75 Å². The van der Waals surface area contributed by atoms with Crippen LogP contribution in [0.2, 0.25) is 0 Å². The number of fused-ring (bicyclic) bond motifs is 6. The number of allylic oxidation sites excluding steroid dienone is 2. The second-order valence-corrected chi connectivity index (χ2v) is 9.29. The van der Waals surface area contributed by atoms with Crippen molar-refractivity contribution in [2.45, 2.75) is 12.5 Å². The Kier molecular flexibility index (Phi) is 3.59. The monoisotopic (exact) mass is 436 g/mol. The van der Waals surface area contributed by atoms with Gasteiger partial charge in [0.2, 0.25) is 0 Å². The van der Waals surface area contributed by atoms with Crippen LogP contribution in [0.1, 0.15) is 6.42 Å². The molecule has 0 amide bonds. The van der Waals surface area contributed by atoms with Crippen LogP contribution >= 0.6 is 0 Å². The summed E-state index contributed by atoms with van der Waals surface area (Å²) >= 11 is 0. The smallest absolute Gasteiger partial charge is 0.252 e. The van der Waals surface area contributed by atoms with E-state index in [9.17, 15) is 0 Å². The zero-order valence-corrected chi connectivity index (χ0v) is 18.6. The third-order valence-corrected chi connectivity index (χ3v) is 7.56. The van der Waals surface area contributed by atoms with Crippen LogP contribution in [0.5, 0.6) is 5.75 Å². The Balaban J connectivity index is 1.47. The maximum Gasteiger partial charge on any atom is 0.252 e. The van der Waals surface area contributed by atoms with Crippen molar-refractivity contribution in [1.82, 2.24) is 0 Å². The molecule has 4 aromatic carbocycles. The van der Waals surface area contributed by atoms with E-state index in [1.807, 2.05) is 0 Å². The normalized spacial score (nSPS) is 18.3. The molecule has 0 bridgehead atoms. The predicted octanol–water partition coefficient (Wildman–Crippen LogP) is 5.04. The van der Waals surface area contributed by atoms with E-state index in [0.29, 0.717) is 0 Å². The standard InChI is InChI=1S/C30H21BN2O/c1-2-10-20(11-3-1)32-23-14-5-4-12-21(23)31-22-13-8-19-28-30(22)33(24-15-6-7-18-27(24)34-28)26-17-9-16-25(32)29(26)31/h1-14,16-19,24H,15H2. The minimum Gasteiger partial charge on any atom is -0.457 e. The van der Waals surface area contributed by atoms with Crippen LogP contribution in [0.4, 0.5) is 28.4 Å². The fourth-order valence-electron chi connectivity index (χ4n) is 6.26. The van der Waals surface area contributed by atoms with Crippen LogP contribution in [0, 0.1) is 0 Å². The lowest BCUT2D eigenvalue weighted by Gasteiger charge is -2.49. The quantitative estimate of drug-likeness (QED) is 0.343. The summed E-state index contributed by atoms with van der Waals surface area (Å²) < 4.78 is 6.47. The van der Waals surface area contributed by atoms with Crippen molar-refractivity contribution in [3.63, 3.8) is 0 Å². The zero-order chi connectivity index (χ0) is 22.2. The van der Waals surface area contributed by atoms with Gasteiger partial charge in [-0.15, -0.1) is 0 Å². The maximum absolute atomic E-state index is 6.47. The molecule has 0 fully saturated rings. The van der Waals surface area contributed by atoms with Gasteiger partial charge in [0.15, 0.2) is 0 Å². The zero-order valence-electron chi connectivity index (χ0n) is 18.6. The van der Waals surface area contributed by atoms with Gasteiger partial charge in [-0.3, -0.25) is 0 Å². The molecule has 3 aliphatic heterocycles. The molecule has 0 radical (unpaired) electrons. The fourth-order valence-corrected chi connectivity index (χ4v) is 6.26. The summed E-state index contributed by atoms with van der Waals surface area (Å²) in [6, 6.07) is 33.1. The van der Waals surface area contributed by atoms with Gasteiger partial charge in [0.25, 0.3) is 6.71 Å². The first-order chi connectivity index (χ1) is 16.9. The maximum atomic E-state index is 6.47. The molecule has 0 saturated carbocycles. The van der Waals surface area contributed by atoms with Crippen molar-refractivity contribution >= 4 is 51.5 Å². The summed E-state index contributed by atoms with van der Waals surface area (Å²) in [4.78, 5) is 4.97. The third kappa shape index (κ3) is 2.27. The van der Waals surface area contributed by atoms with Crippen molar-refractivity contribution in [3.05, 3.63) is 115 Å². The van der Waals surface area contributed by atoms with Crippen molar-refractivity contribution < 1.29 is 4.74 Å². The summed E-state index contributed by atoms with van der Waals surface area (Å²) in [5, 5.41) is 0. The number of hydrogen-bond acceptors (Lipinski definition) is 3. The van der Waals surface area contributed by atoms with E-state index < -0.39 is 0 Å². The highest BCUT2D eigenvalue weighted by atomic mass is 16.5. The largest absolute Gasteiger partial charge is 0.457 e. The average Bonchev–Trinajstić information content (AvgIpc) is 2.90. The number of hydrogen-bond donors (Lipinski definition) is 0. The second-order valence-electron chi connectivity index (χ2n) is 9.29. The first kappa shape index (κ1) is 18.3. The molecule has 0 saturated heterocycles. The van der Waals surface area contributed by atoms with E-state index in [1.165, 1.54) is 44.8 Å². The molecular formula is C30H21BN2O. The molecular weight excluding hydrogens is 415 g/mol. The summed E-state index contributed by atoms with van der Waals surface area (Å²) in [5.74, 6) is 1.98. The van der Waals surface area contributed by atoms with Gasteiger partial charge in [-0.2, -0.15) is 0 Å². The first-order valence-corrected chi connectivity index (χ1v) is 11.9. The minimum absolute atomic E-state index is 0.168. The number of rotatable bonds is 1. The number of nitrogens with zero attached hydrogens (tertiary/aromatic N) is 2. The molecule has 1 aliphatic carbocycles. The van der Waals surface area contributed by atoms with Crippen LogP contribution in [0.25, 0.3) is 0 Å². The van der Waals surface area contributed by atoms with Crippen molar-refractivity contribution in [2.75, 3.05) is 9.80 Å². The summed E-state index contributed by atoms with van der Waals surface area (Å²) in [7, 11) is 0. The molecule has 4 heteroatoms. The second kappa shape index (κ2) is 6.67. The minimum atomic E-state index is 0.168. The highest BCUT2D eigenvalue weighted by molar-refractivity contribution is 7.00. The molecule has 0 spiro atoms. The highest BCUT2D eigenvalue weighted by Crippen LogP contribution is 2.48. The molecule has 3 nitrogen and oxygen atoms in total. The Morgan fingerprint density at radius 1 is 0.735 bits per heavy atom. The lowest BCUT2D eigenvalue weighted by molar-refractivity contribution is 0.361. The molecule has 1 unspecified atom stereocenters. The van der Waals surface area contributed by atoms with Gasteiger partial charge >= 0.3 is 0 Å².